The Kier molecular flexibility index (Phi) is 18.1. The molecule has 12 heteroatoms. The average molecular weight is 1650 g/mol. The largest absolute Gasteiger partial charge is 0.450 e. The number of rotatable bonds is 11. The van der Waals surface area contributed by atoms with E-state index in [4.69, 9.17) is 34.3 Å². The zero-order chi connectivity index (χ0) is 83.1. The van der Waals surface area contributed by atoms with Gasteiger partial charge in [-0.15, -0.1) is 22.7 Å². The molecule has 0 bridgehead atoms. The lowest BCUT2D eigenvalue weighted by atomic mass is 10.0. The molecule has 0 unspecified atom stereocenters. The summed E-state index contributed by atoms with van der Waals surface area (Å²) in [5.74, 6) is 3.96. The second-order valence-corrected chi connectivity index (χ2v) is 33.7. The van der Waals surface area contributed by atoms with Gasteiger partial charge in [-0.25, -0.2) is 29.9 Å². The van der Waals surface area contributed by atoms with Gasteiger partial charge in [0.25, 0.3) is 0 Å². The molecule has 10 nitrogen and oxygen atoms in total. The van der Waals surface area contributed by atoms with E-state index >= 15 is 0 Å². The van der Waals surface area contributed by atoms with Crippen molar-refractivity contribution in [1.82, 2.24) is 43.6 Å². The van der Waals surface area contributed by atoms with Crippen molar-refractivity contribution in [3.05, 3.63) is 431 Å². The van der Waals surface area contributed by atoms with E-state index in [0.29, 0.717) is 11.4 Å². The Hall–Kier alpha value is -16.4. The quantitative estimate of drug-likeness (QED) is 0.127. The predicted molar refractivity (Wildman–Crippen MR) is 526 cm³/mol. The Balaban J connectivity index is 0.000000106. The van der Waals surface area contributed by atoms with Crippen molar-refractivity contribution in [2.24, 2.45) is 0 Å². The van der Waals surface area contributed by atoms with Crippen molar-refractivity contribution < 1.29 is 4.42 Å². The fraction of sp³-hybridized carbons (Fsp3) is 0. The SMILES string of the molecule is c1ccc(-c2ccc3c(c2)c2cc(-c4ccccc4)ccc2n3-c2nc(-c3ccccc3)nc3c2oc2ccccc23)cc1.c1ccc(-c2ccc3c(c2)c2cc(-c4ccccc4)ccc2n3-c2nc(-c3ccccc3)nc3c2sc2ccccc23)cc1.c1ccc(-c2ccc3c(c2)c2cc(-c4ccccc4)ccc2n3-c2ncnc3c2sc2ccccc23)cc1. The van der Waals surface area contributed by atoms with Gasteiger partial charge in [-0.3, -0.25) is 13.7 Å². The van der Waals surface area contributed by atoms with Gasteiger partial charge in [0.15, 0.2) is 34.7 Å². The highest BCUT2D eigenvalue weighted by Crippen LogP contribution is 2.47. The predicted octanol–water partition coefficient (Wildman–Crippen LogP) is 30.7. The van der Waals surface area contributed by atoms with E-state index in [2.05, 4.69) is 384 Å². The lowest BCUT2D eigenvalue weighted by molar-refractivity contribution is 0.662. The summed E-state index contributed by atoms with van der Waals surface area (Å²) in [4.78, 5) is 30.3. The van der Waals surface area contributed by atoms with E-state index in [1.54, 1.807) is 29.0 Å². The van der Waals surface area contributed by atoms with Gasteiger partial charge in [0, 0.05) is 69.0 Å². The van der Waals surface area contributed by atoms with E-state index in [-0.39, 0.29) is 0 Å². The first-order valence-corrected chi connectivity index (χ1v) is 43.8. The zero-order valence-corrected chi connectivity index (χ0v) is 69.4. The second kappa shape index (κ2) is 30.9. The van der Waals surface area contributed by atoms with Crippen LogP contribution in [0.1, 0.15) is 0 Å². The molecule has 0 fully saturated rings. The Morgan fingerprint density at radius 2 is 0.476 bits per heavy atom. The first kappa shape index (κ1) is 73.5. The van der Waals surface area contributed by atoms with Crippen molar-refractivity contribution in [1.29, 1.82) is 0 Å². The van der Waals surface area contributed by atoms with Gasteiger partial charge in [-0.05, 0) is 164 Å². The number of hydrogen-bond donors (Lipinski definition) is 0. The molecule has 26 rings (SSSR count). The minimum Gasteiger partial charge on any atom is -0.450 e. The molecule has 26 aromatic rings. The summed E-state index contributed by atoms with van der Waals surface area (Å²) in [6, 6.07) is 150. The molecule has 9 aromatic heterocycles. The summed E-state index contributed by atoms with van der Waals surface area (Å²) in [5.41, 5.74) is 27.2. The van der Waals surface area contributed by atoms with Crippen LogP contribution in [0.3, 0.4) is 0 Å². The Morgan fingerprint density at radius 1 is 0.198 bits per heavy atom. The Labute approximate surface area is 731 Å². The van der Waals surface area contributed by atoms with Crippen LogP contribution in [0.15, 0.2) is 435 Å². The smallest absolute Gasteiger partial charge is 0.197 e. The number of thiophene rings is 2. The summed E-state index contributed by atoms with van der Waals surface area (Å²) >= 11 is 3.52. The molecule has 0 aliphatic rings. The molecule has 0 aliphatic carbocycles. The monoisotopic (exact) mass is 1650 g/mol. The van der Waals surface area contributed by atoms with Gasteiger partial charge >= 0.3 is 0 Å². The number of fused-ring (bicyclic) bond motifs is 18. The first-order valence-electron chi connectivity index (χ1n) is 42.2. The van der Waals surface area contributed by atoms with Crippen LogP contribution in [0.2, 0.25) is 0 Å². The van der Waals surface area contributed by atoms with Crippen LogP contribution in [0, 0.1) is 0 Å². The third-order valence-electron chi connectivity index (χ3n) is 24.2. The summed E-state index contributed by atoms with van der Waals surface area (Å²) < 4.78 is 18.1. The number of benzene rings is 17. The zero-order valence-electron chi connectivity index (χ0n) is 67.7. The van der Waals surface area contributed by atoms with Crippen LogP contribution < -0.4 is 0 Å². The van der Waals surface area contributed by atoms with E-state index in [1.165, 1.54) is 103 Å². The fourth-order valence-electron chi connectivity index (χ4n) is 18.2. The number of para-hydroxylation sites is 1. The molecule has 0 N–H and O–H groups in total. The number of hydrogen-bond acceptors (Lipinski definition) is 9. The second-order valence-electron chi connectivity index (χ2n) is 31.6. The Bertz CT molecular complexity index is 8050. The number of nitrogens with zero attached hydrogens (tertiary/aromatic N) is 9. The number of aromatic nitrogens is 9. The first-order chi connectivity index (χ1) is 62.5. The van der Waals surface area contributed by atoms with E-state index in [9.17, 15) is 0 Å². The van der Waals surface area contributed by atoms with Gasteiger partial charge in [-0.2, -0.15) is 0 Å². The fourth-order valence-corrected chi connectivity index (χ4v) is 20.4. The molecule has 126 heavy (non-hydrogen) atoms. The van der Waals surface area contributed by atoms with Crippen LogP contribution in [0.25, 0.3) is 235 Å². The van der Waals surface area contributed by atoms with Gasteiger partial charge in [0.2, 0.25) is 0 Å². The maximum Gasteiger partial charge on any atom is 0.197 e. The maximum absolute atomic E-state index is 6.54. The van der Waals surface area contributed by atoms with Crippen molar-refractivity contribution in [3.8, 4) is 107 Å². The molecule has 0 atom stereocenters. The molecular formula is C114H71N9OS2. The van der Waals surface area contributed by atoms with E-state index in [0.717, 1.165) is 121 Å². The maximum atomic E-state index is 6.54. The summed E-state index contributed by atoms with van der Waals surface area (Å²) in [6.45, 7) is 0. The third-order valence-corrected chi connectivity index (χ3v) is 26.5. The van der Waals surface area contributed by atoms with Crippen LogP contribution in [0.4, 0.5) is 0 Å². The molecule has 0 saturated heterocycles. The summed E-state index contributed by atoms with van der Waals surface area (Å²) in [5, 5.41) is 10.5. The highest BCUT2D eigenvalue weighted by Gasteiger charge is 2.27. The molecule has 9 heterocycles. The molecule has 17 aromatic carbocycles. The minimum atomic E-state index is 0.663. The van der Waals surface area contributed by atoms with Crippen molar-refractivity contribution >= 4 is 151 Å². The normalized spacial score (nSPS) is 11.7. The molecule has 0 aliphatic heterocycles. The third kappa shape index (κ3) is 12.8. The standard InChI is InChI=1S/C40H25N3O.C40H25N3S.C34H21N3S/c2*1-4-12-26(13-5-1)29-20-22-34-32(24-29)33-25-30(27-14-6-2-7-15-27)21-23-35(33)43(34)40-38-37(31-18-10-11-19-36(31)44-38)41-39(42-40)28-16-8-3-9-17-28;1-3-9-22(10-4-1)24-15-17-29-27(19-24)28-20-25(23-11-5-2-6-12-23)16-18-30(28)37(29)34-33-32(35-21-36-34)26-13-7-8-14-31(26)38-33/h2*1-25H;1-21H. The van der Waals surface area contributed by atoms with Crippen LogP contribution >= 0.6 is 22.7 Å². The van der Waals surface area contributed by atoms with Crippen molar-refractivity contribution in [2.45, 2.75) is 0 Å². The molecule has 0 amide bonds. The number of furan rings is 1. The highest BCUT2D eigenvalue weighted by molar-refractivity contribution is 7.26. The van der Waals surface area contributed by atoms with Gasteiger partial charge in [-0.1, -0.05) is 328 Å². The van der Waals surface area contributed by atoms with Gasteiger partial charge < -0.3 is 4.42 Å². The van der Waals surface area contributed by atoms with Gasteiger partial charge in [0.1, 0.15) is 17.4 Å². The van der Waals surface area contributed by atoms with E-state index < -0.39 is 0 Å². The molecule has 590 valence electrons. The van der Waals surface area contributed by atoms with E-state index in [1.807, 2.05) is 54.6 Å². The molecule has 0 spiro atoms. The van der Waals surface area contributed by atoms with Crippen molar-refractivity contribution in [3.63, 3.8) is 0 Å². The lowest BCUT2D eigenvalue weighted by Crippen LogP contribution is -2.01. The van der Waals surface area contributed by atoms with Gasteiger partial charge in [0.05, 0.1) is 53.5 Å². The summed E-state index contributed by atoms with van der Waals surface area (Å²) in [7, 11) is 0. The molecule has 0 radical (unpaired) electrons. The molecule has 0 saturated carbocycles. The molecular weight excluding hydrogens is 1580 g/mol. The van der Waals surface area contributed by atoms with Crippen molar-refractivity contribution in [2.75, 3.05) is 0 Å². The van der Waals surface area contributed by atoms with Crippen LogP contribution in [-0.4, -0.2) is 43.6 Å². The Morgan fingerprint density at radius 3 is 0.841 bits per heavy atom. The van der Waals surface area contributed by atoms with Crippen LogP contribution in [-0.2, 0) is 0 Å². The highest BCUT2D eigenvalue weighted by atomic mass is 32.1. The topological polar surface area (TPSA) is 105 Å². The van der Waals surface area contributed by atoms with Crippen LogP contribution in [0.5, 0.6) is 0 Å². The summed E-state index contributed by atoms with van der Waals surface area (Å²) in [6.07, 6.45) is 1.70. The minimum absolute atomic E-state index is 0.663. The average Bonchev–Trinajstić information content (AvgIpc) is 1.57. The lowest BCUT2D eigenvalue weighted by Gasteiger charge is -2.11.